The number of carbonyl (C=O) groups is 1. The minimum Gasteiger partial charge on any atom is -0.341 e. The van der Waals surface area contributed by atoms with E-state index in [2.05, 4.69) is 10.1 Å². The van der Waals surface area contributed by atoms with Crippen LogP contribution in [-0.2, 0) is 4.79 Å². The third-order valence-corrected chi connectivity index (χ3v) is 4.22. The van der Waals surface area contributed by atoms with Crippen molar-refractivity contribution in [3.63, 3.8) is 0 Å². The first-order valence-electron chi connectivity index (χ1n) is 7.27. The van der Waals surface area contributed by atoms with E-state index in [0.717, 1.165) is 31.8 Å². The Balaban J connectivity index is 1.55. The third-order valence-electron chi connectivity index (χ3n) is 4.22. The van der Waals surface area contributed by atoms with E-state index in [1.54, 1.807) is 0 Å². The summed E-state index contributed by atoms with van der Waals surface area (Å²) < 4.78 is 5.28. The number of amides is 1. The topological polar surface area (TPSA) is 59.2 Å². The monoisotopic (exact) mass is 263 g/mol. The van der Waals surface area contributed by atoms with Crippen LogP contribution in [0.1, 0.15) is 63.1 Å². The maximum Gasteiger partial charge on any atom is 0.233 e. The Kier molecular flexibility index (Phi) is 3.29. The molecule has 1 amide bonds. The molecule has 1 saturated carbocycles. The van der Waals surface area contributed by atoms with Gasteiger partial charge in [0.05, 0.1) is 5.92 Å². The van der Waals surface area contributed by atoms with E-state index in [1.165, 1.54) is 12.8 Å². The molecule has 2 fully saturated rings. The van der Waals surface area contributed by atoms with Crippen LogP contribution in [0.4, 0.5) is 0 Å². The molecule has 1 aromatic heterocycles. The highest BCUT2D eigenvalue weighted by atomic mass is 16.5. The van der Waals surface area contributed by atoms with Crippen LogP contribution >= 0.6 is 0 Å². The Morgan fingerprint density at radius 3 is 2.58 bits per heavy atom. The van der Waals surface area contributed by atoms with Gasteiger partial charge in [0.15, 0.2) is 5.82 Å². The van der Waals surface area contributed by atoms with E-state index in [0.29, 0.717) is 11.8 Å². The van der Waals surface area contributed by atoms with Gasteiger partial charge in [-0.25, -0.2) is 0 Å². The molecular weight excluding hydrogens is 242 g/mol. The molecule has 0 radical (unpaired) electrons. The predicted octanol–water partition coefficient (Wildman–Crippen LogP) is 2.31. The van der Waals surface area contributed by atoms with Crippen molar-refractivity contribution >= 4 is 5.91 Å². The molecule has 1 aliphatic heterocycles. The minimum absolute atomic E-state index is 0.241. The summed E-state index contributed by atoms with van der Waals surface area (Å²) in [5.41, 5.74) is 0. The van der Waals surface area contributed by atoms with Crippen molar-refractivity contribution in [2.75, 3.05) is 13.1 Å². The van der Waals surface area contributed by atoms with E-state index in [-0.39, 0.29) is 17.8 Å². The lowest BCUT2D eigenvalue weighted by Gasteiger charge is -2.38. The number of nitrogens with zero attached hydrogens (tertiary/aromatic N) is 3. The van der Waals surface area contributed by atoms with Crippen LogP contribution in [0, 0.1) is 5.92 Å². The fourth-order valence-electron chi connectivity index (χ4n) is 2.89. The van der Waals surface area contributed by atoms with Gasteiger partial charge >= 0.3 is 0 Å². The van der Waals surface area contributed by atoms with Crippen LogP contribution in [0.3, 0.4) is 0 Å². The van der Waals surface area contributed by atoms with Crippen LogP contribution in [0.2, 0.25) is 0 Å². The van der Waals surface area contributed by atoms with Crippen molar-refractivity contribution < 1.29 is 9.32 Å². The normalized spacial score (nSPS) is 21.1. The average Bonchev–Trinajstić information content (AvgIpc) is 2.98. The Morgan fingerprint density at radius 2 is 2.00 bits per heavy atom. The summed E-state index contributed by atoms with van der Waals surface area (Å²) in [5.74, 6) is 2.58. The summed E-state index contributed by atoms with van der Waals surface area (Å²) in [4.78, 5) is 18.5. The number of rotatable bonds is 3. The van der Waals surface area contributed by atoms with Crippen molar-refractivity contribution in [1.29, 1.82) is 0 Å². The fraction of sp³-hybridized carbons (Fsp3) is 0.786. The molecule has 3 rings (SSSR count). The molecular formula is C14H21N3O2. The van der Waals surface area contributed by atoms with Gasteiger partial charge in [-0.15, -0.1) is 0 Å². The highest BCUT2D eigenvalue weighted by molar-refractivity contribution is 5.80. The highest BCUT2D eigenvalue weighted by Crippen LogP contribution is 2.32. The molecule has 2 aliphatic rings. The summed E-state index contributed by atoms with van der Waals surface area (Å²) in [5, 5.41) is 3.98. The molecule has 0 bridgehead atoms. The smallest absolute Gasteiger partial charge is 0.233 e. The standard InChI is InChI=1S/C14H21N3O2/c1-9(2)12-15-13(19-16-12)11-7-17(8-11)14(18)10-5-3-4-6-10/h9-11H,3-8H2,1-2H3. The molecule has 5 heteroatoms. The Labute approximate surface area is 113 Å². The molecule has 0 unspecified atom stereocenters. The van der Waals surface area contributed by atoms with Gasteiger partial charge in [0.25, 0.3) is 0 Å². The van der Waals surface area contributed by atoms with Gasteiger partial charge in [-0.3, -0.25) is 4.79 Å². The zero-order valence-electron chi connectivity index (χ0n) is 11.6. The number of likely N-dealkylation sites (tertiary alicyclic amines) is 1. The highest BCUT2D eigenvalue weighted by Gasteiger charge is 2.38. The van der Waals surface area contributed by atoms with Crippen LogP contribution in [0.5, 0.6) is 0 Å². The molecule has 19 heavy (non-hydrogen) atoms. The fourth-order valence-corrected chi connectivity index (χ4v) is 2.89. The Hall–Kier alpha value is -1.39. The summed E-state index contributed by atoms with van der Waals surface area (Å²) >= 11 is 0. The molecule has 1 aliphatic carbocycles. The summed E-state index contributed by atoms with van der Waals surface area (Å²) in [6.07, 6.45) is 4.54. The second-order valence-electron chi connectivity index (χ2n) is 6.07. The second kappa shape index (κ2) is 4.94. The van der Waals surface area contributed by atoms with Crippen LogP contribution in [0.15, 0.2) is 4.52 Å². The molecule has 1 saturated heterocycles. The molecule has 0 atom stereocenters. The summed E-state index contributed by atoms with van der Waals surface area (Å²) in [6, 6.07) is 0. The summed E-state index contributed by atoms with van der Waals surface area (Å²) in [7, 11) is 0. The average molecular weight is 263 g/mol. The molecule has 104 valence electrons. The van der Waals surface area contributed by atoms with Crippen LogP contribution in [0.25, 0.3) is 0 Å². The number of aromatic nitrogens is 2. The minimum atomic E-state index is 0.241. The van der Waals surface area contributed by atoms with E-state index in [4.69, 9.17) is 4.52 Å². The van der Waals surface area contributed by atoms with E-state index < -0.39 is 0 Å². The molecule has 0 aromatic carbocycles. The van der Waals surface area contributed by atoms with Gasteiger partial charge in [-0.1, -0.05) is 31.8 Å². The van der Waals surface area contributed by atoms with Crippen molar-refractivity contribution in [3.8, 4) is 0 Å². The van der Waals surface area contributed by atoms with E-state index in [9.17, 15) is 4.79 Å². The Morgan fingerprint density at radius 1 is 1.32 bits per heavy atom. The number of hydrogen-bond acceptors (Lipinski definition) is 4. The van der Waals surface area contributed by atoms with E-state index in [1.807, 2.05) is 18.7 Å². The molecule has 1 aromatic rings. The lowest BCUT2D eigenvalue weighted by Crippen LogP contribution is -2.50. The first kappa shape index (κ1) is 12.6. The molecule has 0 N–H and O–H groups in total. The molecule has 2 heterocycles. The molecule has 5 nitrogen and oxygen atoms in total. The second-order valence-corrected chi connectivity index (χ2v) is 6.07. The number of carbonyl (C=O) groups excluding carboxylic acids is 1. The van der Waals surface area contributed by atoms with Gasteiger partial charge in [-0.2, -0.15) is 4.98 Å². The lowest BCUT2D eigenvalue weighted by molar-refractivity contribution is -0.140. The largest absolute Gasteiger partial charge is 0.341 e. The van der Waals surface area contributed by atoms with Gasteiger partial charge in [0.1, 0.15) is 0 Å². The van der Waals surface area contributed by atoms with Crippen LogP contribution in [-0.4, -0.2) is 34.0 Å². The SMILES string of the molecule is CC(C)c1noc(C2CN(C(=O)C3CCCC3)C2)n1. The zero-order chi connectivity index (χ0) is 13.4. The van der Waals surface area contributed by atoms with E-state index >= 15 is 0 Å². The van der Waals surface area contributed by atoms with Gasteiger partial charge in [0, 0.05) is 24.9 Å². The zero-order valence-corrected chi connectivity index (χ0v) is 11.6. The lowest BCUT2D eigenvalue weighted by atomic mass is 9.96. The summed E-state index contributed by atoms with van der Waals surface area (Å²) in [6.45, 7) is 5.58. The van der Waals surface area contributed by atoms with Gasteiger partial charge < -0.3 is 9.42 Å². The van der Waals surface area contributed by atoms with Crippen molar-refractivity contribution in [2.45, 2.75) is 51.4 Å². The number of hydrogen-bond donors (Lipinski definition) is 0. The van der Waals surface area contributed by atoms with Crippen molar-refractivity contribution in [1.82, 2.24) is 15.0 Å². The Bertz CT molecular complexity index is 457. The first-order valence-corrected chi connectivity index (χ1v) is 7.27. The quantitative estimate of drug-likeness (QED) is 0.839. The van der Waals surface area contributed by atoms with Crippen molar-refractivity contribution in [2.24, 2.45) is 5.92 Å². The molecule has 0 spiro atoms. The van der Waals surface area contributed by atoms with Gasteiger partial charge in [0.2, 0.25) is 11.8 Å². The maximum atomic E-state index is 12.2. The predicted molar refractivity (Wildman–Crippen MR) is 69.7 cm³/mol. The van der Waals surface area contributed by atoms with Crippen LogP contribution < -0.4 is 0 Å². The van der Waals surface area contributed by atoms with Gasteiger partial charge in [-0.05, 0) is 12.8 Å². The van der Waals surface area contributed by atoms with Crippen molar-refractivity contribution in [3.05, 3.63) is 11.7 Å². The first-order chi connectivity index (χ1) is 9.15. The third kappa shape index (κ3) is 2.38. The maximum absolute atomic E-state index is 12.2.